The van der Waals surface area contributed by atoms with Gasteiger partial charge in [0.25, 0.3) is 0 Å². The minimum atomic E-state index is -5.57. The lowest BCUT2D eigenvalue weighted by atomic mass is 10.1. The smallest absolute Gasteiger partial charge is 0.407 e. The van der Waals surface area contributed by atoms with Crippen molar-refractivity contribution in [2.45, 2.75) is 6.18 Å². The van der Waals surface area contributed by atoms with E-state index in [4.69, 9.17) is 9.66 Å². The number of aromatic carboxylic acids is 1. The lowest BCUT2D eigenvalue weighted by Gasteiger charge is -2.23. The highest BCUT2D eigenvalue weighted by atomic mass is 32.2. The van der Waals surface area contributed by atoms with Gasteiger partial charge in [0, 0.05) is 0 Å². The zero-order valence-electron chi connectivity index (χ0n) is 9.73. The van der Waals surface area contributed by atoms with Crippen molar-refractivity contribution in [1.29, 1.82) is 0 Å². The van der Waals surface area contributed by atoms with Crippen LogP contribution in [0, 0.1) is 11.6 Å². The summed E-state index contributed by atoms with van der Waals surface area (Å²) in [5.41, 5.74) is -3.10. The summed E-state index contributed by atoms with van der Waals surface area (Å²) in [5, 5.41) is 8.56. The molecule has 0 bridgehead atoms. The fourth-order valence-corrected chi connectivity index (χ4v) is 2.08. The Morgan fingerprint density at radius 3 is 2.14 bits per heavy atom. The highest BCUT2D eigenvalue weighted by molar-refractivity contribution is 7.87. The molecule has 0 radical (unpaired) electrons. The molecule has 0 aromatic heterocycles. The summed E-state index contributed by atoms with van der Waals surface area (Å²) in [4.78, 5) is 10.6. The van der Waals surface area contributed by atoms with Crippen molar-refractivity contribution < 1.29 is 44.8 Å². The van der Waals surface area contributed by atoms with Gasteiger partial charge in [0.15, 0.2) is 5.82 Å². The van der Waals surface area contributed by atoms with Crippen LogP contribution >= 0.6 is 0 Å². The second kappa shape index (κ2) is 5.44. The molecule has 12 heteroatoms. The molecule has 21 heavy (non-hydrogen) atoms. The van der Waals surface area contributed by atoms with Crippen LogP contribution in [0.4, 0.5) is 27.6 Å². The van der Waals surface area contributed by atoms with Crippen LogP contribution in [0.5, 0.6) is 0 Å². The molecule has 1 rings (SSSR count). The van der Waals surface area contributed by atoms with E-state index in [0.717, 1.165) is 0 Å². The number of halogens is 5. The predicted octanol–water partition coefficient (Wildman–Crippen LogP) is 1.83. The molecule has 0 saturated carbocycles. The van der Waals surface area contributed by atoms with Crippen molar-refractivity contribution in [3.63, 3.8) is 0 Å². The number of anilines is 1. The summed E-state index contributed by atoms with van der Waals surface area (Å²) < 4.78 is 93.3. The van der Waals surface area contributed by atoms with Gasteiger partial charge in [-0.2, -0.15) is 21.6 Å². The van der Waals surface area contributed by atoms with Crippen molar-refractivity contribution >= 4 is 22.0 Å². The molecule has 0 saturated heterocycles. The molecule has 118 valence electrons. The summed E-state index contributed by atoms with van der Waals surface area (Å²) in [5.74, 6) is -5.84. The van der Waals surface area contributed by atoms with Crippen LogP contribution in [-0.4, -0.2) is 36.8 Å². The Morgan fingerprint density at radius 1 is 1.24 bits per heavy atom. The first-order valence-electron chi connectivity index (χ1n) is 4.88. The molecule has 2 N–H and O–H groups in total. The average molecular weight is 335 g/mol. The number of nitrogens with zero attached hydrogens (tertiary/aromatic N) is 1. The Bertz CT molecular complexity index is 672. The van der Waals surface area contributed by atoms with Crippen molar-refractivity contribution in [1.82, 2.24) is 0 Å². The average Bonchev–Trinajstić information content (AvgIpc) is 2.23. The molecule has 1 aromatic rings. The standard InChI is InChI=1S/C9H6F5NO5S/c10-4-1-2-5(7(11)6(4)8(16)17)15(21(18,19)20)3-9(12,13)14/h1-2H,3H2,(H,16,17)(H,18,19,20). The van der Waals surface area contributed by atoms with Crippen molar-refractivity contribution in [3.8, 4) is 0 Å². The Hall–Kier alpha value is -1.95. The molecule has 6 nitrogen and oxygen atoms in total. The third-order valence-corrected chi connectivity index (χ3v) is 3.04. The normalized spacial score (nSPS) is 12.3. The van der Waals surface area contributed by atoms with Crippen LogP contribution in [0.15, 0.2) is 12.1 Å². The van der Waals surface area contributed by atoms with Gasteiger partial charge in [-0.1, -0.05) is 0 Å². The van der Waals surface area contributed by atoms with E-state index in [0.29, 0.717) is 0 Å². The van der Waals surface area contributed by atoms with Crippen molar-refractivity contribution in [2.75, 3.05) is 10.8 Å². The van der Waals surface area contributed by atoms with E-state index in [-0.39, 0.29) is 12.1 Å². The first kappa shape index (κ1) is 17.1. The van der Waals surface area contributed by atoms with Gasteiger partial charge in [0.05, 0.1) is 5.69 Å². The molecule has 0 aliphatic rings. The number of alkyl halides is 3. The SMILES string of the molecule is O=C(O)c1c(F)ccc(N(CC(F)(F)F)S(=O)(=O)O)c1F. The van der Waals surface area contributed by atoms with Crippen LogP contribution in [0.3, 0.4) is 0 Å². The number of rotatable bonds is 4. The quantitative estimate of drug-likeness (QED) is 0.647. The lowest BCUT2D eigenvalue weighted by Crippen LogP contribution is -2.39. The molecular weight excluding hydrogens is 329 g/mol. The van der Waals surface area contributed by atoms with Crippen molar-refractivity contribution in [2.24, 2.45) is 0 Å². The van der Waals surface area contributed by atoms with Gasteiger partial charge in [0.2, 0.25) is 0 Å². The van der Waals surface area contributed by atoms with E-state index < -0.39 is 56.2 Å². The van der Waals surface area contributed by atoms with E-state index in [1.807, 2.05) is 0 Å². The Morgan fingerprint density at radius 2 is 1.76 bits per heavy atom. The van der Waals surface area contributed by atoms with Gasteiger partial charge >= 0.3 is 22.4 Å². The second-order valence-electron chi connectivity index (χ2n) is 3.66. The van der Waals surface area contributed by atoms with E-state index in [1.54, 1.807) is 0 Å². The first-order valence-corrected chi connectivity index (χ1v) is 6.27. The van der Waals surface area contributed by atoms with Gasteiger partial charge in [-0.3, -0.25) is 4.55 Å². The van der Waals surface area contributed by atoms with Gasteiger partial charge in [-0.05, 0) is 12.1 Å². The minimum Gasteiger partial charge on any atom is -0.477 e. The molecule has 0 aliphatic carbocycles. The number of hydrogen-bond acceptors (Lipinski definition) is 3. The summed E-state index contributed by atoms with van der Waals surface area (Å²) in [6.45, 7) is -2.33. The van der Waals surface area contributed by atoms with E-state index in [9.17, 15) is 35.2 Å². The summed E-state index contributed by atoms with van der Waals surface area (Å²) in [6, 6.07) is 0.521. The van der Waals surface area contributed by atoms with Gasteiger partial charge in [-0.15, -0.1) is 0 Å². The molecule has 0 spiro atoms. The van der Waals surface area contributed by atoms with Crippen LogP contribution in [0.25, 0.3) is 0 Å². The summed E-state index contributed by atoms with van der Waals surface area (Å²) in [7, 11) is -5.57. The fraction of sp³-hybridized carbons (Fsp3) is 0.222. The Labute approximate surface area is 114 Å². The second-order valence-corrected chi connectivity index (χ2v) is 5.00. The maximum absolute atomic E-state index is 13.7. The first-order chi connectivity index (χ1) is 9.34. The maximum Gasteiger partial charge on any atom is 0.407 e. The molecule has 0 heterocycles. The highest BCUT2D eigenvalue weighted by Gasteiger charge is 2.38. The molecule has 0 fully saturated rings. The number of carbonyl (C=O) groups is 1. The van der Waals surface area contributed by atoms with Gasteiger partial charge < -0.3 is 5.11 Å². The van der Waals surface area contributed by atoms with Crippen LogP contribution in [0.2, 0.25) is 0 Å². The van der Waals surface area contributed by atoms with E-state index in [2.05, 4.69) is 0 Å². The third kappa shape index (κ3) is 4.01. The van der Waals surface area contributed by atoms with Crippen LogP contribution < -0.4 is 4.31 Å². The molecule has 0 amide bonds. The Balaban J connectivity index is 3.54. The van der Waals surface area contributed by atoms with Crippen LogP contribution in [0.1, 0.15) is 10.4 Å². The fourth-order valence-electron chi connectivity index (χ4n) is 1.38. The zero-order chi connectivity index (χ0) is 16.6. The number of hydrogen-bond donors (Lipinski definition) is 2. The van der Waals surface area contributed by atoms with Crippen LogP contribution in [-0.2, 0) is 10.3 Å². The summed E-state index contributed by atoms with van der Waals surface area (Å²) in [6.07, 6.45) is -5.17. The maximum atomic E-state index is 13.7. The minimum absolute atomic E-state index is 0.260. The number of carboxylic acid groups (broad SMARTS) is 1. The topological polar surface area (TPSA) is 94.9 Å². The highest BCUT2D eigenvalue weighted by Crippen LogP contribution is 2.29. The van der Waals surface area contributed by atoms with Crippen molar-refractivity contribution in [3.05, 3.63) is 29.3 Å². The molecule has 0 atom stereocenters. The molecular formula is C9H6F5NO5S. The summed E-state index contributed by atoms with van der Waals surface area (Å²) >= 11 is 0. The number of benzene rings is 1. The number of carboxylic acids is 1. The molecule has 0 aliphatic heterocycles. The lowest BCUT2D eigenvalue weighted by molar-refractivity contribution is -0.117. The van der Waals surface area contributed by atoms with Gasteiger partial charge in [-0.25, -0.2) is 17.9 Å². The third-order valence-electron chi connectivity index (χ3n) is 2.15. The molecule has 0 unspecified atom stereocenters. The zero-order valence-corrected chi connectivity index (χ0v) is 10.5. The van der Waals surface area contributed by atoms with Gasteiger partial charge in [0.1, 0.15) is 17.9 Å². The Kier molecular flexibility index (Phi) is 4.43. The predicted molar refractivity (Wildman–Crippen MR) is 58.3 cm³/mol. The van der Waals surface area contributed by atoms with E-state index >= 15 is 0 Å². The largest absolute Gasteiger partial charge is 0.477 e. The monoisotopic (exact) mass is 335 g/mol. The van der Waals surface area contributed by atoms with E-state index in [1.165, 1.54) is 0 Å². The molecule has 1 aromatic carbocycles.